The Kier molecular flexibility index (Phi) is 2.73. The molecule has 0 unspecified atom stereocenters. The van der Waals surface area contributed by atoms with E-state index in [1.807, 2.05) is 26.8 Å². The van der Waals surface area contributed by atoms with Gasteiger partial charge in [0, 0.05) is 10.7 Å². The van der Waals surface area contributed by atoms with Gasteiger partial charge in [-0.25, -0.2) is 0 Å². The summed E-state index contributed by atoms with van der Waals surface area (Å²) in [5.41, 5.74) is 7.57. The molecular formula is C11H13ClN2. The molecule has 0 saturated carbocycles. The van der Waals surface area contributed by atoms with E-state index in [9.17, 15) is 0 Å². The zero-order valence-corrected chi connectivity index (χ0v) is 9.31. The second-order valence-corrected chi connectivity index (χ2v) is 4.33. The lowest BCUT2D eigenvalue weighted by atomic mass is 9.85. The Labute approximate surface area is 89.3 Å². The molecule has 1 rings (SSSR count). The zero-order valence-electron chi connectivity index (χ0n) is 8.56. The lowest BCUT2D eigenvalue weighted by molar-refractivity contribution is 0.686. The van der Waals surface area contributed by atoms with Gasteiger partial charge in [-0.3, -0.25) is 0 Å². The summed E-state index contributed by atoms with van der Waals surface area (Å²) < 4.78 is 0. The predicted octanol–water partition coefficient (Wildman–Crippen LogP) is 3.03. The van der Waals surface area contributed by atoms with Crippen LogP contribution in [0.1, 0.15) is 25.0 Å². The van der Waals surface area contributed by atoms with E-state index in [1.54, 1.807) is 6.07 Å². The second-order valence-electron chi connectivity index (χ2n) is 3.93. The van der Waals surface area contributed by atoms with E-state index in [2.05, 4.69) is 6.07 Å². The van der Waals surface area contributed by atoms with Gasteiger partial charge in [-0.05, 0) is 38.0 Å². The molecule has 0 fully saturated rings. The molecule has 0 aliphatic heterocycles. The van der Waals surface area contributed by atoms with Crippen molar-refractivity contribution in [1.82, 2.24) is 0 Å². The first-order chi connectivity index (χ1) is 6.38. The maximum Gasteiger partial charge on any atom is 0.0780 e. The molecule has 14 heavy (non-hydrogen) atoms. The number of benzene rings is 1. The van der Waals surface area contributed by atoms with Crippen molar-refractivity contribution in [2.24, 2.45) is 0 Å². The number of hydrogen-bond donors (Lipinski definition) is 1. The van der Waals surface area contributed by atoms with Crippen LogP contribution in [0.25, 0.3) is 0 Å². The molecule has 0 saturated heterocycles. The van der Waals surface area contributed by atoms with Crippen LogP contribution in [-0.2, 0) is 5.41 Å². The van der Waals surface area contributed by atoms with Crippen molar-refractivity contribution in [3.63, 3.8) is 0 Å². The number of nitrogens with zero attached hydrogens (tertiary/aromatic N) is 1. The largest absolute Gasteiger partial charge is 0.398 e. The van der Waals surface area contributed by atoms with Crippen LogP contribution in [0.3, 0.4) is 0 Å². The number of halogens is 1. The van der Waals surface area contributed by atoms with Gasteiger partial charge in [0.2, 0.25) is 0 Å². The van der Waals surface area contributed by atoms with E-state index < -0.39 is 5.41 Å². The Morgan fingerprint density at radius 2 is 2.00 bits per heavy atom. The van der Waals surface area contributed by atoms with Crippen LogP contribution in [0.4, 0.5) is 5.69 Å². The van der Waals surface area contributed by atoms with Crippen LogP contribution in [0.2, 0.25) is 5.02 Å². The quantitative estimate of drug-likeness (QED) is 0.722. The van der Waals surface area contributed by atoms with Crippen molar-refractivity contribution in [2.75, 3.05) is 5.73 Å². The summed E-state index contributed by atoms with van der Waals surface area (Å²) >= 11 is 6.03. The fraction of sp³-hybridized carbons (Fsp3) is 0.364. The molecule has 1 aromatic rings. The fourth-order valence-electron chi connectivity index (χ4n) is 1.24. The van der Waals surface area contributed by atoms with Gasteiger partial charge in [0.1, 0.15) is 0 Å². The Hall–Kier alpha value is -1.20. The van der Waals surface area contributed by atoms with Gasteiger partial charge in [0.05, 0.1) is 11.5 Å². The lowest BCUT2D eigenvalue weighted by Crippen LogP contribution is -2.15. The summed E-state index contributed by atoms with van der Waals surface area (Å²) in [6.07, 6.45) is 0. The number of anilines is 1. The number of rotatable bonds is 1. The molecule has 74 valence electrons. The van der Waals surface area contributed by atoms with Crippen LogP contribution in [-0.4, -0.2) is 0 Å². The maximum absolute atomic E-state index is 8.99. The minimum atomic E-state index is -0.574. The van der Waals surface area contributed by atoms with Gasteiger partial charge < -0.3 is 5.73 Å². The average molecular weight is 209 g/mol. The molecule has 0 aliphatic rings. The van der Waals surface area contributed by atoms with Gasteiger partial charge >= 0.3 is 0 Å². The molecule has 0 amide bonds. The molecule has 0 radical (unpaired) electrons. The van der Waals surface area contributed by atoms with Crippen molar-refractivity contribution in [3.8, 4) is 6.07 Å². The number of nitrogen functional groups attached to an aromatic ring is 1. The third kappa shape index (κ3) is 1.83. The smallest absolute Gasteiger partial charge is 0.0780 e. The number of nitriles is 1. The van der Waals surface area contributed by atoms with Crippen molar-refractivity contribution in [3.05, 3.63) is 28.3 Å². The third-order valence-electron chi connectivity index (χ3n) is 2.31. The van der Waals surface area contributed by atoms with Gasteiger partial charge in [-0.15, -0.1) is 0 Å². The SMILES string of the molecule is Cc1cc(C(C)(C)C#N)c(Cl)cc1N. The summed E-state index contributed by atoms with van der Waals surface area (Å²) in [6, 6.07) is 5.80. The standard InChI is InChI=1S/C11H13ClN2/c1-7-4-8(11(2,3)6-13)9(12)5-10(7)14/h4-5H,14H2,1-3H3. The fourth-order valence-corrected chi connectivity index (χ4v) is 1.64. The third-order valence-corrected chi connectivity index (χ3v) is 2.62. The topological polar surface area (TPSA) is 49.8 Å². The first-order valence-corrected chi connectivity index (χ1v) is 4.73. The Morgan fingerprint density at radius 3 is 2.50 bits per heavy atom. The summed E-state index contributed by atoms with van der Waals surface area (Å²) in [6.45, 7) is 5.58. The Balaban J connectivity index is 3.38. The summed E-state index contributed by atoms with van der Waals surface area (Å²) in [4.78, 5) is 0. The van der Waals surface area contributed by atoms with Gasteiger partial charge in [0.15, 0.2) is 0 Å². The van der Waals surface area contributed by atoms with Crippen LogP contribution < -0.4 is 5.73 Å². The van der Waals surface area contributed by atoms with Crippen molar-refractivity contribution < 1.29 is 0 Å². The van der Waals surface area contributed by atoms with Crippen molar-refractivity contribution in [2.45, 2.75) is 26.2 Å². The highest BCUT2D eigenvalue weighted by Crippen LogP contribution is 2.32. The van der Waals surface area contributed by atoms with Crippen LogP contribution >= 0.6 is 11.6 Å². The van der Waals surface area contributed by atoms with Crippen LogP contribution in [0.5, 0.6) is 0 Å². The normalized spacial score (nSPS) is 11.1. The van der Waals surface area contributed by atoms with E-state index in [0.717, 1.165) is 11.1 Å². The van der Waals surface area contributed by atoms with Gasteiger partial charge in [0.25, 0.3) is 0 Å². The Morgan fingerprint density at radius 1 is 1.43 bits per heavy atom. The monoisotopic (exact) mass is 208 g/mol. The van der Waals surface area contributed by atoms with Crippen LogP contribution in [0, 0.1) is 18.3 Å². The molecule has 0 bridgehead atoms. The molecule has 1 aromatic carbocycles. The molecule has 0 spiro atoms. The summed E-state index contributed by atoms with van der Waals surface area (Å²) in [5.74, 6) is 0. The highest BCUT2D eigenvalue weighted by atomic mass is 35.5. The Bertz CT molecular complexity index is 402. The highest BCUT2D eigenvalue weighted by molar-refractivity contribution is 6.31. The summed E-state index contributed by atoms with van der Waals surface area (Å²) in [5, 5.41) is 9.55. The van der Waals surface area contributed by atoms with Crippen molar-refractivity contribution in [1.29, 1.82) is 5.26 Å². The minimum Gasteiger partial charge on any atom is -0.398 e. The minimum absolute atomic E-state index is 0.555. The maximum atomic E-state index is 8.99. The first kappa shape index (κ1) is 10.9. The van der Waals surface area contributed by atoms with E-state index in [0.29, 0.717) is 10.7 Å². The van der Waals surface area contributed by atoms with Gasteiger partial charge in [-0.1, -0.05) is 17.7 Å². The van der Waals surface area contributed by atoms with Gasteiger partial charge in [-0.2, -0.15) is 5.26 Å². The molecule has 0 atom stereocenters. The zero-order chi connectivity index (χ0) is 10.9. The first-order valence-electron chi connectivity index (χ1n) is 4.36. The summed E-state index contributed by atoms with van der Waals surface area (Å²) in [7, 11) is 0. The van der Waals surface area contributed by atoms with E-state index in [-0.39, 0.29) is 0 Å². The number of nitrogens with two attached hydrogens (primary N) is 1. The van der Waals surface area contributed by atoms with Crippen LogP contribution in [0.15, 0.2) is 12.1 Å². The van der Waals surface area contributed by atoms with E-state index in [4.69, 9.17) is 22.6 Å². The average Bonchev–Trinajstić information content (AvgIpc) is 2.11. The van der Waals surface area contributed by atoms with E-state index in [1.165, 1.54) is 0 Å². The molecule has 0 aromatic heterocycles. The molecule has 2 N–H and O–H groups in total. The highest BCUT2D eigenvalue weighted by Gasteiger charge is 2.23. The molecule has 0 aliphatic carbocycles. The van der Waals surface area contributed by atoms with E-state index >= 15 is 0 Å². The second kappa shape index (κ2) is 3.51. The number of aryl methyl sites for hydroxylation is 1. The lowest BCUT2D eigenvalue weighted by Gasteiger charge is -2.18. The molecular weight excluding hydrogens is 196 g/mol. The van der Waals surface area contributed by atoms with Crippen molar-refractivity contribution >= 4 is 17.3 Å². The molecule has 0 heterocycles. The molecule has 2 nitrogen and oxygen atoms in total. The predicted molar refractivity (Wildman–Crippen MR) is 59.2 cm³/mol. The number of hydrogen-bond acceptors (Lipinski definition) is 2. The molecule has 3 heteroatoms.